The Balaban J connectivity index is 1.39. The number of rotatable bonds is 6. The fraction of sp³-hybridized carbons (Fsp3) is 0.333. The van der Waals surface area contributed by atoms with E-state index in [1.807, 2.05) is 37.3 Å². The maximum absolute atomic E-state index is 12.0. The lowest BCUT2D eigenvalue weighted by Gasteiger charge is -2.24. The Hall–Kier alpha value is -2.41. The van der Waals surface area contributed by atoms with Crippen LogP contribution in [0.25, 0.3) is 5.52 Å². The van der Waals surface area contributed by atoms with Gasteiger partial charge in [0, 0.05) is 0 Å². The number of aromatic nitrogens is 3. The van der Waals surface area contributed by atoms with Gasteiger partial charge in [-0.3, -0.25) is 4.52 Å². The molecule has 1 fully saturated rings. The van der Waals surface area contributed by atoms with Crippen molar-refractivity contribution in [1.82, 2.24) is 14.6 Å². The topological polar surface area (TPSA) is 101 Å². The third-order valence-corrected chi connectivity index (χ3v) is 5.53. The SMILES string of the molecule is C[C@]1(c2ccc3c(N)ncnn23)CC[C@@H](CO[PH](=O)Oc2ccccc2)O1. The summed E-state index contributed by atoms with van der Waals surface area (Å²) < 4.78 is 30.7. The normalized spacial score (nSPS) is 23.5. The molecule has 1 unspecified atom stereocenters. The first-order chi connectivity index (χ1) is 13.0. The molecule has 0 aliphatic carbocycles. The zero-order valence-electron chi connectivity index (χ0n) is 14.9. The number of hydrogen-bond donors (Lipinski definition) is 1. The number of ether oxygens (including phenoxy) is 1. The minimum Gasteiger partial charge on any atom is -0.426 e. The van der Waals surface area contributed by atoms with Crippen molar-refractivity contribution in [1.29, 1.82) is 0 Å². The van der Waals surface area contributed by atoms with E-state index in [9.17, 15) is 4.57 Å². The number of nitrogens with zero attached hydrogens (tertiary/aromatic N) is 3. The molecule has 27 heavy (non-hydrogen) atoms. The highest BCUT2D eigenvalue weighted by Crippen LogP contribution is 2.40. The van der Waals surface area contributed by atoms with Crippen LogP contribution in [0.5, 0.6) is 5.75 Å². The molecule has 142 valence electrons. The van der Waals surface area contributed by atoms with E-state index < -0.39 is 13.9 Å². The second kappa shape index (κ2) is 7.31. The van der Waals surface area contributed by atoms with Gasteiger partial charge >= 0.3 is 8.25 Å². The summed E-state index contributed by atoms with van der Waals surface area (Å²) in [6.07, 6.45) is 2.83. The van der Waals surface area contributed by atoms with Crippen LogP contribution in [0, 0.1) is 0 Å². The maximum atomic E-state index is 12.0. The van der Waals surface area contributed by atoms with E-state index in [4.69, 9.17) is 19.5 Å². The van der Waals surface area contributed by atoms with Crippen molar-refractivity contribution < 1.29 is 18.3 Å². The fourth-order valence-corrected chi connectivity index (χ4v) is 4.07. The summed E-state index contributed by atoms with van der Waals surface area (Å²) in [5.74, 6) is 0.949. The molecule has 3 heterocycles. The van der Waals surface area contributed by atoms with Crippen LogP contribution in [-0.2, 0) is 19.4 Å². The lowest BCUT2D eigenvalue weighted by molar-refractivity contribution is -0.0514. The Kier molecular flexibility index (Phi) is 4.86. The summed E-state index contributed by atoms with van der Waals surface area (Å²) in [4.78, 5) is 4.01. The Labute approximate surface area is 157 Å². The number of anilines is 1. The molecule has 1 aliphatic heterocycles. The average Bonchev–Trinajstić information content (AvgIpc) is 3.26. The molecule has 1 saturated heterocycles. The van der Waals surface area contributed by atoms with Crippen molar-refractivity contribution in [3.63, 3.8) is 0 Å². The third kappa shape index (κ3) is 3.69. The van der Waals surface area contributed by atoms with Crippen LogP contribution in [0.2, 0.25) is 0 Å². The summed E-state index contributed by atoms with van der Waals surface area (Å²) in [7, 11) is -2.63. The van der Waals surface area contributed by atoms with Gasteiger partial charge in [-0.2, -0.15) is 5.10 Å². The predicted molar refractivity (Wildman–Crippen MR) is 101 cm³/mol. The molecule has 1 aromatic carbocycles. The van der Waals surface area contributed by atoms with Gasteiger partial charge in [0.1, 0.15) is 23.2 Å². The van der Waals surface area contributed by atoms with Crippen LogP contribution in [0.4, 0.5) is 5.82 Å². The van der Waals surface area contributed by atoms with Gasteiger partial charge in [0.05, 0.1) is 18.4 Å². The molecule has 0 bridgehead atoms. The van der Waals surface area contributed by atoms with Crippen molar-refractivity contribution in [3.05, 3.63) is 54.5 Å². The lowest BCUT2D eigenvalue weighted by Crippen LogP contribution is -2.26. The highest BCUT2D eigenvalue weighted by atomic mass is 31.1. The largest absolute Gasteiger partial charge is 0.426 e. The van der Waals surface area contributed by atoms with E-state index in [1.165, 1.54) is 6.33 Å². The molecule has 3 aromatic rings. The van der Waals surface area contributed by atoms with Gasteiger partial charge in [0.25, 0.3) is 0 Å². The first-order valence-corrected chi connectivity index (χ1v) is 9.94. The molecule has 0 amide bonds. The predicted octanol–water partition coefficient (Wildman–Crippen LogP) is 3.19. The van der Waals surface area contributed by atoms with Crippen LogP contribution >= 0.6 is 8.25 Å². The van der Waals surface area contributed by atoms with Crippen LogP contribution in [-0.4, -0.2) is 27.3 Å². The Bertz CT molecular complexity index is 964. The molecule has 0 spiro atoms. The minimum atomic E-state index is -2.63. The van der Waals surface area contributed by atoms with Crippen molar-refractivity contribution >= 4 is 19.6 Å². The summed E-state index contributed by atoms with van der Waals surface area (Å²) in [6.45, 7) is 2.22. The molecule has 2 aromatic heterocycles. The van der Waals surface area contributed by atoms with Gasteiger partial charge in [-0.1, -0.05) is 18.2 Å². The molecule has 0 saturated carbocycles. The smallest absolute Gasteiger partial charge is 0.367 e. The van der Waals surface area contributed by atoms with E-state index in [0.29, 0.717) is 11.6 Å². The van der Waals surface area contributed by atoms with Gasteiger partial charge in [0.15, 0.2) is 5.82 Å². The fourth-order valence-electron chi connectivity index (χ4n) is 3.36. The number of hydrogen-bond acceptors (Lipinski definition) is 7. The number of nitrogens with two attached hydrogens (primary N) is 1. The van der Waals surface area contributed by atoms with Crippen molar-refractivity contribution in [3.8, 4) is 5.75 Å². The van der Waals surface area contributed by atoms with Gasteiger partial charge in [0.2, 0.25) is 0 Å². The van der Waals surface area contributed by atoms with E-state index in [2.05, 4.69) is 10.1 Å². The molecule has 2 N–H and O–H groups in total. The van der Waals surface area contributed by atoms with Crippen LogP contribution in [0.3, 0.4) is 0 Å². The second-order valence-electron chi connectivity index (χ2n) is 6.65. The average molecular weight is 388 g/mol. The first kappa shape index (κ1) is 18.0. The van der Waals surface area contributed by atoms with E-state index >= 15 is 0 Å². The lowest BCUT2D eigenvalue weighted by atomic mass is 9.98. The standard InChI is InChI=1S/C18H21N4O4P/c1-18(16-8-7-15-17(19)20-12-21-22(15)16)10-9-14(25-18)11-24-27(23)26-13-5-3-2-4-6-13/h2-8,12,14,27H,9-11H2,1H3,(H2,19,20,21)/t14-,18+/m0/s1. The van der Waals surface area contributed by atoms with Gasteiger partial charge in [-0.05, 0) is 44.0 Å². The second-order valence-corrected chi connectivity index (χ2v) is 7.64. The highest BCUT2D eigenvalue weighted by Gasteiger charge is 2.40. The quantitative estimate of drug-likeness (QED) is 0.647. The monoisotopic (exact) mass is 388 g/mol. The van der Waals surface area contributed by atoms with Crippen molar-refractivity contribution in [2.24, 2.45) is 0 Å². The first-order valence-electron chi connectivity index (χ1n) is 8.71. The number of para-hydroxylation sites is 1. The maximum Gasteiger partial charge on any atom is 0.367 e. The van der Waals surface area contributed by atoms with Crippen LogP contribution < -0.4 is 10.3 Å². The molecule has 4 rings (SSSR count). The molecular formula is C18H21N4O4P. The van der Waals surface area contributed by atoms with E-state index in [-0.39, 0.29) is 12.7 Å². The van der Waals surface area contributed by atoms with E-state index in [1.54, 1.807) is 16.6 Å². The Morgan fingerprint density at radius 1 is 1.33 bits per heavy atom. The van der Waals surface area contributed by atoms with Crippen molar-refractivity contribution in [2.45, 2.75) is 31.5 Å². The number of benzene rings is 1. The zero-order valence-corrected chi connectivity index (χ0v) is 15.9. The summed E-state index contributed by atoms with van der Waals surface area (Å²) in [5, 5.41) is 4.29. The molecule has 8 nitrogen and oxygen atoms in total. The summed E-state index contributed by atoms with van der Waals surface area (Å²) in [5.41, 5.74) is 7.03. The Morgan fingerprint density at radius 2 is 2.15 bits per heavy atom. The van der Waals surface area contributed by atoms with Gasteiger partial charge in [-0.15, -0.1) is 0 Å². The summed E-state index contributed by atoms with van der Waals surface area (Å²) >= 11 is 0. The number of nitrogen functional groups attached to an aromatic ring is 1. The van der Waals surface area contributed by atoms with Crippen molar-refractivity contribution in [2.75, 3.05) is 12.3 Å². The molecule has 1 aliphatic rings. The zero-order chi connectivity index (χ0) is 18.9. The van der Waals surface area contributed by atoms with Crippen LogP contribution in [0.15, 0.2) is 48.8 Å². The molecular weight excluding hydrogens is 367 g/mol. The van der Waals surface area contributed by atoms with E-state index in [0.717, 1.165) is 24.1 Å². The minimum absolute atomic E-state index is 0.173. The van der Waals surface area contributed by atoms with Gasteiger partial charge < -0.3 is 15.0 Å². The molecule has 0 radical (unpaired) electrons. The Morgan fingerprint density at radius 3 is 2.96 bits per heavy atom. The highest BCUT2D eigenvalue weighted by molar-refractivity contribution is 7.33. The number of fused-ring (bicyclic) bond motifs is 1. The van der Waals surface area contributed by atoms with Crippen LogP contribution in [0.1, 0.15) is 25.5 Å². The molecule has 3 atom stereocenters. The summed E-state index contributed by atoms with van der Waals surface area (Å²) in [6, 6.07) is 12.8. The third-order valence-electron chi connectivity index (χ3n) is 4.73. The molecule has 9 heteroatoms. The van der Waals surface area contributed by atoms with Gasteiger partial charge in [-0.25, -0.2) is 14.1 Å².